The van der Waals surface area contributed by atoms with Crippen molar-refractivity contribution in [3.8, 4) is 11.3 Å². The van der Waals surface area contributed by atoms with Gasteiger partial charge in [0.05, 0.1) is 11.4 Å². The Hall–Kier alpha value is -2.63. The molecule has 4 nitrogen and oxygen atoms in total. The maximum atomic E-state index is 13.2. The summed E-state index contributed by atoms with van der Waals surface area (Å²) >= 11 is 7.20. The van der Waals surface area contributed by atoms with E-state index in [9.17, 15) is 9.59 Å². The number of carbonyl (C=O) groups excluding carboxylic acids is 1. The molecule has 3 aromatic rings. The molecule has 0 unspecified atom stereocenters. The molecule has 0 saturated carbocycles. The number of carbonyl (C=O) groups is 1. The van der Waals surface area contributed by atoms with E-state index in [2.05, 4.69) is 37.5 Å². The van der Waals surface area contributed by atoms with E-state index in [0.29, 0.717) is 22.3 Å². The largest absolute Gasteiger partial charge is 0.316 e. The molecule has 0 saturated heterocycles. The number of benzene rings is 2. The Morgan fingerprint density at radius 1 is 1.23 bits per heavy atom. The third kappa shape index (κ3) is 4.12. The molecule has 1 aromatic heterocycles. The van der Waals surface area contributed by atoms with Crippen LogP contribution in [0, 0.1) is 0 Å². The van der Waals surface area contributed by atoms with Gasteiger partial charge in [-0.25, -0.2) is 0 Å². The minimum absolute atomic E-state index is 0.0421. The molecule has 0 amide bonds. The normalized spacial score (nSPS) is 13.9. The first-order chi connectivity index (χ1) is 14.8. The van der Waals surface area contributed by atoms with Crippen molar-refractivity contribution in [2.24, 2.45) is 0 Å². The van der Waals surface area contributed by atoms with E-state index >= 15 is 0 Å². The number of halogens is 1. The molecule has 0 aliphatic heterocycles. The summed E-state index contributed by atoms with van der Waals surface area (Å²) in [4.78, 5) is 30.2. The van der Waals surface area contributed by atoms with E-state index in [1.807, 2.05) is 16.7 Å². The van der Waals surface area contributed by atoms with Crippen LogP contribution in [0.15, 0.2) is 71.1 Å². The van der Waals surface area contributed by atoms with Crippen molar-refractivity contribution in [2.75, 3.05) is 5.75 Å². The van der Waals surface area contributed by atoms with Gasteiger partial charge in [0.25, 0.3) is 5.56 Å². The minimum atomic E-state index is -0.334. The monoisotopic (exact) mass is 450 g/mol. The van der Waals surface area contributed by atoms with E-state index in [4.69, 9.17) is 11.6 Å². The van der Waals surface area contributed by atoms with E-state index < -0.39 is 0 Å². The number of ketones is 1. The van der Waals surface area contributed by atoms with Gasteiger partial charge in [-0.05, 0) is 36.2 Å². The highest BCUT2D eigenvalue weighted by Crippen LogP contribution is 2.42. The lowest BCUT2D eigenvalue weighted by molar-refractivity contribution is 0.102. The Balaban J connectivity index is 1.79. The van der Waals surface area contributed by atoms with Gasteiger partial charge in [0.15, 0.2) is 10.9 Å². The van der Waals surface area contributed by atoms with Crippen LogP contribution in [0.1, 0.15) is 35.3 Å². The number of Topliss-reactive ketones (excluding diaryl/α,β-unsaturated/α-hetero) is 1. The Labute approximate surface area is 191 Å². The van der Waals surface area contributed by atoms with E-state index in [1.54, 1.807) is 30.3 Å². The molecule has 1 heterocycles. The number of hydrogen-bond donors (Lipinski definition) is 0. The Morgan fingerprint density at radius 3 is 2.65 bits per heavy atom. The van der Waals surface area contributed by atoms with Crippen molar-refractivity contribution in [1.29, 1.82) is 0 Å². The number of hydrogen-bond acceptors (Lipinski definition) is 4. The summed E-state index contributed by atoms with van der Waals surface area (Å²) in [5, 5.41) is 1.11. The SMILES string of the molecule is C=CCn1c(SCC(=O)c2ccc(Cl)cc2)nc(=O)c2c1-c1ccccc1CC2(C)C. The van der Waals surface area contributed by atoms with Crippen molar-refractivity contribution in [3.05, 3.63) is 93.3 Å². The standard InChI is InChI=1S/C25H23ClN2O2S/c1-4-13-28-22-19-8-6-5-7-17(19)14-25(2,3)21(22)23(30)27-24(28)31-15-20(29)16-9-11-18(26)12-10-16/h4-12H,1,13-15H2,2-3H3. The molecule has 2 aromatic carbocycles. The van der Waals surface area contributed by atoms with E-state index in [0.717, 1.165) is 23.2 Å². The first-order valence-electron chi connectivity index (χ1n) is 10.1. The number of aromatic nitrogens is 2. The molecule has 158 valence electrons. The molecule has 0 spiro atoms. The fraction of sp³-hybridized carbons (Fsp3) is 0.240. The molecular weight excluding hydrogens is 428 g/mol. The maximum absolute atomic E-state index is 13.2. The lowest BCUT2D eigenvalue weighted by Gasteiger charge is -2.35. The first kappa shape index (κ1) is 21.6. The molecule has 4 rings (SSSR count). The van der Waals surface area contributed by atoms with Crippen molar-refractivity contribution in [1.82, 2.24) is 9.55 Å². The number of rotatable bonds is 6. The molecule has 1 aliphatic carbocycles. The van der Waals surface area contributed by atoms with Crippen molar-refractivity contribution in [2.45, 2.75) is 37.4 Å². The molecular formula is C25H23ClN2O2S. The highest BCUT2D eigenvalue weighted by atomic mass is 35.5. The van der Waals surface area contributed by atoms with Crippen LogP contribution in [0.3, 0.4) is 0 Å². The Bertz CT molecular complexity index is 1230. The third-order valence-electron chi connectivity index (χ3n) is 5.54. The molecule has 31 heavy (non-hydrogen) atoms. The van der Waals surface area contributed by atoms with Gasteiger partial charge >= 0.3 is 0 Å². The van der Waals surface area contributed by atoms with E-state index in [-0.39, 0.29) is 22.5 Å². The summed E-state index contributed by atoms with van der Waals surface area (Å²) in [7, 11) is 0. The van der Waals surface area contributed by atoms with Gasteiger partial charge in [0.2, 0.25) is 0 Å². The minimum Gasteiger partial charge on any atom is -0.316 e. The average Bonchev–Trinajstić information content (AvgIpc) is 2.73. The van der Waals surface area contributed by atoms with Gasteiger partial charge < -0.3 is 4.57 Å². The summed E-state index contributed by atoms with van der Waals surface area (Å²) in [6, 6.07) is 15.0. The summed E-state index contributed by atoms with van der Waals surface area (Å²) in [5.41, 5.74) is 3.88. The molecule has 0 radical (unpaired) electrons. The van der Waals surface area contributed by atoms with Crippen LogP contribution in [-0.4, -0.2) is 21.1 Å². The fourth-order valence-electron chi connectivity index (χ4n) is 4.15. The second kappa shape index (κ2) is 8.48. The highest BCUT2D eigenvalue weighted by molar-refractivity contribution is 7.99. The zero-order chi connectivity index (χ0) is 22.2. The zero-order valence-electron chi connectivity index (χ0n) is 17.5. The van der Waals surface area contributed by atoms with Crippen LogP contribution >= 0.6 is 23.4 Å². The summed E-state index contributed by atoms with van der Waals surface area (Å²) in [6.45, 7) is 8.56. The van der Waals surface area contributed by atoms with Crippen molar-refractivity contribution < 1.29 is 4.79 Å². The molecule has 0 atom stereocenters. The van der Waals surface area contributed by atoms with Gasteiger partial charge in [-0.15, -0.1) is 6.58 Å². The van der Waals surface area contributed by atoms with Gasteiger partial charge in [0, 0.05) is 33.7 Å². The molecule has 6 heteroatoms. The van der Waals surface area contributed by atoms with Crippen LogP contribution < -0.4 is 5.56 Å². The zero-order valence-corrected chi connectivity index (χ0v) is 19.1. The molecule has 0 N–H and O–H groups in total. The second-order valence-electron chi connectivity index (χ2n) is 8.26. The highest BCUT2D eigenvalue weighted by Gasteiger charge is 2.36. The Morgan fingerprint density at radius 2 is 1.94 bits per heavy atom. The van der Waals surface area contributed by atoms with Crippen molar-refractivity contribution in [3.63, 3.8) is 0 Å². The predicted molar refractivity (Wildman–Crippen MR) is 127 cm³/mol. The Kier molecular flexibility index (Phi) is 5.91. The molecule has 1 aliphatic rings. The smallest absolute Gasteiger partial charge is 0.278 e. The third-order valence-corrected chi connectivity index (χ3v) is 6.77. The van der Waals surface area contributed by atoms with Crippen LogP contribution in [-0.2, 0) is 18.4 Å². The number of fused-ring (bicyclic) bond motifs is 3. The van der Waals surface area contributed by atoms with Crippen LogP contribution in [0.2, 0.25) is 5.02 Å². The maximum Gasteiger partial charge on any atom is 0.278 e. The quantitative estimate of drug-likeness (QED) is 0.213. The number of thioether (sulfide) groups is 1. The molecule has 0 fully saturated rings. The van der Waals surface area contributed by atoms with Gasteiger partial charge in [-0.2, -0.15) is 4.98 Å². The van der Waals surface area contributed by atoms with Gasteiger partial charge in [-0.3, -0.25) is 9.59 Å². The lowest BCUT2D eigenvalue weighted by atomic mass is 9.72. The van der Waals surface area contributed by atoms with Gasteiger partial charge in [-0.1, -0.05) is 67.6 Å². The van der Waals surface area contributed by atoms with Gasteiger partial charge in [0.1, 0.15) is 0 Å². The fourth-order valence-corrected chi connectivity index (χ4v) is 5.17. The van der Waals surface area contributed by atoms with E-state index in [1.165, 1.54) is 17.3 Å². The first-order valence-corrected chi connectivity index (χ1v) is 11.4. The van der Waals surface area contributed by atoms with Crippen LogP contribution in [0.5, 0.6) is 0 Å². The van der Waals surface area contributed by atoms with Crippen LogP contribution in [0.25, 0.3) is 11.3 Å². The lowest BCUT2D eigenvalue weighted by Crippen LogP contribution is -2.36. The predicted octanol–water partition coefficient (Wildman–Crippen LogP) is 5.56. The average molecular weight is 451 g/mol. The summed E-state index contributed by atoms with van der Waals surface area (Å²) in [5.74, 6) is 0.134. The summed E-state index contributed by atoms with van der Waals surface area (Å²) in [6.07, 6.45) is 2.57. The molecule has 0 bridgehead atoms. The summed E-state index contributed by atoms with van der Waals surface area (Å²) < 4.78 is 2.02. The topological polar surface area (TPSA) is 52.0 Å². The second-order valence-corrected chi connectivity index (χ2v) is 9.64. The number of nitrogens with zero attached hydrogens (tertiary/aromatic N) is 2. The van der Waals surface area contributed by atoms with Crippen LogP contribution in [0.4, 0.5) is 0 Å². The van der Waals surface area contributed by atoms with Crippen molar-refractivity contribution >= 4 is 29.1 Å². The number of allylic oxidation sites excluding steroid dienone is 1.